The van der Waals surface area contributed by atoms with Gasteiger partial charge in [-0.3, -0.25) is 9.82 Å². The van der Waals surface area contributed by atoms with E-state index in [0.29, 0.717) is 10.7 Å². The van der Waals surface area contributed by atoms with Gasteiger partial charge in [0.15, 0.2) is 0 Å². The summed E-state index contributed by atoms with van der Waals surface area (Å²) in [4.78, 5) is 0.112. The third-order valence-corrected chi connectivity index (χ3v) is 5.58. The molecule has 2 N–H and O–H groups in total. The number of rotatable bonds is 4. The van der Waals surface area contributed by atoms with Crippen molar-refractivity contribution < 1.29 is 8.42 Å². The van der Waals surface area contributed by atoms with Crippen molar-refractivity contribution >= 4 is 38.2 Å². The van der Waals surface area contributed by atoms with Crippen LogP contribution in [-0.2, 0) is 10.0 Å². The third kappa shape index (κ3) is 3.16. The van der Waals surface area contributed by atoms with E-state index in [1.165, 1.54) is 12.1 Å². The lowest BCUT2D eigenvalue weighted by molar-refractivity contribution is 0.601. The van der Waals surface area contributed by atoms with Crippen LogP contribution >= 0.6 is 11.6 Å². The lowest BCUT2D eigenvalue weighted by Crippen LogP contribution is -2.12. The van der Waals surface area contributed by atoms with E-state index in [9.17, 15) is 8.42 Å². The van der Waals surface area contributed by atoms with Crippen molar-refractivity contribution in [2.45, 2.75) is 4.90 Å². The molecule has 4 aromatic rings. The number of halogens is 1. The van der Waals surface area contributed by atoms with Crippen molar-refractivity contribution in [2.75, 3.05) is 4.72 Å². The molecular weight excluding hydrogens is 370 g/mol. The van der Waals surface area contributed by atoms with Gasteiger partial charge in [-0.15, -0.1) is 0 Å². The van der Waals surface area contributed by atoms with Crippen molar-refractivity contribution in [3.05, 3.63) is 77.8 Å². The Morgan fingerprint density at radius 2 is 1.73 bits per heavy atom. The molecular formula is C19H14ClN3O2S. The van der Waals surface area contributed by atoms with Gasteiger partial charge in [-0.05, 0) is 36.4 Å². The summed E-state index contributed by atoms with van der Waals surface area (Å²) >= 11 is 5.90. The van der Waals surface area contributed by atoms with Crippen LogP contribution in [0.25, 0.3) is 22.2 Å². The van der Waals surface area contributed by atoms with Crippen molar-refractivity contribution in [2.24, 2.45) is 0 Å². The van der Waals surface area contributed by atoms with Crippen LogP contribution in [0.5, 0.6) is 0 Å². The molecule has 0 saturated carbocycles. The maximum atomic E-state index is 12.6. The van der Waals surface area contributed by atoms with Crippen LogP contribution in [0.2, 0.25) is 5.02 Å². The summed E-state index contributed by atoms with van der Waals surface area (Å²) in [5.74, 6) is 0. The van der Waals surface area contributed by atoms with E-state index >= 15 is 0 Å². The SMILES string of the molecule is O=S(=O)(Nc1ccc2[nH]nc(-c3ccccc3)c2c1)c1cccc(Cl)c1. The maximum absolute atomic E-state index is 12.6. The number of fused-ring (bicyclic) bond motifs is 1. The molecule has 0 amide bonds. The Kier molecular flexibility index (Phi) is 4.14. The Balaban J connectivity index is 1.74. The smallest absolute Gasteiger partial charge is 0.261 e. The highest BCUT2D eigenvalue weighted by Crippen LogP contribution is 2.29. The van der Waals surface area contributed by atoms with E-state index in [4.69, 9.17) is 11.6 Å². The van der Waals surface area contributed by atoms with Crippen LogP contribution in [0.1, 0.15) is 0 Å². The molecule has 5 nitrogen and oxygen atoms in total. The van der Waals surface area contributed by atoms with E-state index in [1.54, 1.807) is 30.3 Å². The van der Waals surface area contributed by atoms with Gasteiger partial charge < -0.3 is 0 Å². The lowest BCUT2D eigenvalue weighted by Gasteiger charge is -2.09. The summed E-state index contributed by atoms with van der Waals surface area (Å²) in [6.07, 6.45) is 0. The predicted molar refractivity (Wildman–Crippen MR) is 104 cm³/mol. The van der Waals surface area contributed by atoms with E-state index in [0.717, 1.165) is 22.2 Å². The summed E-state index contributed by atoms with van der Waals surface area (Å²) in [5, 5.41) is 8.53. The molecule has 1 aromatic heterocycles. The largest absolute Gasteiger partial charge is 0.280 e. The molecule has 0 aliphatic heterocycles. The van der Waals surface area contributed by atoms with Gasteiger partial charge in [0, 0.05) is 21.7 Å². The summed E-state index contributed by atoms with van der Waals surface area (Å²) < 4.78 is 27.8. The standard InChI is InChI=1S/C19H14ClN3O2S/c20-14-7-4-8-16(11-14)26(24,25)23-15-9-10-18-17(12-15)19(22-21-18)13-5-2-1-3-6-13/h1-12,23H,(H,21,22). The number of hydrogen-bond acceptors (Lipinski definition) is 3. The van der Waals surface area contributed by atoms with E-state index < -0.39 is 10.0 Å². The number of aromatic nitrogens is 2. The number of anilines is 1. The first-order chi connectivity index (χ1) is 12.5. The van der Waals surface area contributed by atoms with Gasteiger partial charge in [0.2, 0.25) is 0 Å². The normalized spacial score (nSPS) is 11.6. The first kappa shape index (κ1) is 16.6. The fourth-order valence-corrected chi connectivity index (χ4v) is 4.09. The molecule has 1 heterocycles. The zero-order chi connectivity index (χ0) is 18.1. The minimum absolute atomic E-state index is 0.112. The van der Waals surface area contributed by atoms with Crippen LogP contribution < -0.4 is 4.72 Å². The van der Waals surface area contributed by atoms with E-state index in [-0.39, 0.29) is 4.90 Å². The van der Waals surface area contributed by atoms with E-state index in [2.05, 4.69) is 14.9 Å². The molecule has 3 aromatic carbocycles. The number of nitrogens with one attached hydrogen (secondary N) is 2. The molecule has 26 heavy (non-hydrogen) atoms. The Labute approximate surface area is 155 Å². The molecule has 0 fully saturated rings. The van der Waals surface area contributed by atoms with Gasteiger partial charge in [0.1, 0.15) is 0 Å². The highest BCUT2D eigenvalue weighted by atomic mass is 35.5. The second-order valence-corrected chi connectivity index (χ2v) is 7.88. The second-order valence-electron chi connectivity index (χ2n) is 5.76. The molecule has 7 heteroatoms. The number of nitrogens with zero attached hydrogens (tertiary/aromatic N) is 1. The van der Waals surface area contributed by atoms with Crippen LogP contribution in [0.15, 0.2) is 77.7 Å². The maximum Gasteiger partial charge on any atom is 0.261 e. The average molecular weight is 384 g/mol. The van der Waals surface area contributed by atoms with Crippen molar-refractivity contribution in [3.63, 3.8) is 0 Å². The molecule has 0 radical (unpaired) electrons. The first-order valence-corrected chi connectivity index (χ1v) is 9.71. The second kappa shape index (κ2) is 6.48. The Morgan fingerprint density at radius 3 is 2.50 bits per heavy atom. The molecule has 0 bridgehead atoms. The van der Waals surface area contributed by atoms with Gasteiger partial charge in [-0.2, -0.15) is 5.10 Å². The van der Waals surface area contributed by atoms with Gasteiger partial charge in [-0.1, -0.05) is 48.0 Å². The summed E-state index contributed by atoms with van der Waals surface area (Å²) in [5.41, 5.74) is 3.00. The molecule has 0 spiro atoms. The van der Waals surface area contributed by atoms with Gasteiger partial charge in [0.05, 0.1) is 16.1 Å². The van der Waals surface area contributed by atoms with E-state index in [1.807, 2.05) is 30.3 Å². The minimum Gasteiger partial charge on any atom is -0.280 e. The lowest BCUT2D eigenvalue weighted by atomic mass is 10.1. The monoisotopic (exact) mass is 383 g/mol. The summed E-state index contributed by atoms with van der Waals surface area (Å²) in [6, 6.07) is 21.1. The van der Waals surface area contributed by atoms with Crippen LogP contribution in [0.3, 0.4) is 0 Å². The summed E-state index contributed by atoms with van der Waals surface area (Å²) in [6.45, 7) is 0. The molecule has 0 unspecified atom stereocenters. The molecule has 0 aliphatic rings. The van der Waals surface area contributed by atoms with Crippen LogP contribution in [0, 0.1) is 0 Å². The highest BCUT2D eigenvalue weighted by Gasteiger charge is 2.16. The third-order valence-electron chi connectivity index (χ3n) is 3.97. The fraction of sp³-hybridized carbons (Fsp3) is 0. The van der Waals surface area contributed by atoms with Crippen molar-refractivity contribution in [1.29, 1.82) is 0 Å². The minimum atomic E-state index is -3.73. The Hall–Kier alpha value is -2.83. The quantitative estimate of drug-likeness (QED) is 0.537. The molecule has 0 saturated heterocycles. The first-order valence-electron chi connectivity index (χ1n) is 7.85. The number of hydrogen-bond donors (Lipinski definition) is 2. The van der Waals surface area contributed by atoms with Crippen LogP contribution in [0.4, 0.5) is 5.69 Å². The molecule has 130 valence electrons. The average Bonchev–Trinajstić information content (AvgIpc) is 3.05. The van der Waals surface area contributed by atoms with Crippen molar-refractivity contribution in [1.82, 2.24) is 10.2 Å². The number of H-pyrrole nitrogens is 1. The Bertz CT molecular complexity index is 1190. The van der Waals surface area contributed by atoms with Gasteiger partial charge in [0.25, 0.3) is 10.0 Å². The molecule has 4 rings (SSSR count). The fourth-order valence-electron chi connectivity index (χ4n) is 2.74. The van der Waals surface area contributed by atoms with Crippen molar-refractivity contribution in [3.8, 4) is 11.3 Å². The number of sulfonamides is 1. The molecule has 0 atom stereocenters. The highest BCUT2D eigenvalue weighted by molar-refractivity contribution is 7.92. The van der Waals surface area contributed by atoms with Gasteiger partial charge >= 0.3 is 0 Å². The topological polar surface area (TPSA) is 74.8 Å². The number of aromatic amines is 1. The predicted octanol–water partition coefficient (Wildman–Crippen LogP) is 4.68. The molecule has 0 aliphatic carbocycles. The van der Waals surface area contributed by atoms with Crippen LogP contribution in [-0.4, -0.2) is 18.6 Å². The number of benzene rings is 3. The zero-order valence-electron chi connectivity index (χ0n) is 13.5. The zero-order valence-corrected chi connectivity index (χ0v) is 15.1. The van der Waals surface area contributed by atoms with Gasteiger partial charge in [-0.25, -0.2) is 8.42 Å². The Morgan fingerprint density at radius 1 is 0.923 bits per heavy atom. The summed E-state index contributed by atoms with van der Waals surface area (Å²) in [7, 11) is -3.73.